The Bertz CT molecular complexity index is 205. The summed E-state index contributed by atoms with van der Waals surface area (Å²) in [5, 5.41) is 0. The maximum Gasteiger partial charge on any atom is 0.0757 e. The van der Waals surface area contributed by atoms with Crippen molar-refractivity contribution in [2.75, 3.05) is 13.1 Å². The molecule has 82 valence electrons. The molecule has 1 fully saturated rings. The number of hydrogen-bond donors (Lipinski definition) is 0. The summed E-state index contributed by atoms with van der Waals surface area (Å²) in [6.07, 6.45) is 2.77. The third-order valence-electron chi connectivity index (χ3n) is 2.44. The van der Waals surface area contributed by atoms with Gasteiger partial charge in [0, 0.05) is 18.8 Å². The van der Waals surface area contributed by atoms with Crippen molar-refractivity contribution in [3.63, 3.8) is 0 Å². The molecule has 0 spiro atoms. The molecule has 0 N–H and O–H groups in total. The minimum absolute atomic E-state index is 0.0250. The van der Waals surface area contributed by atoms with Gasteiger partial charge in [0.1, 0.15) is 0 Å². The summed E-state index contributed by atoms with van der Waals surface area (Å²) in [5.74, 6) is 0. The lowest BCUT2D eigenvalue weighted by Gasteiger charge is -2.37. The third-order valence-corrected chi connectivity index (χ3v) is 2.44. The van der Waals surface area contributed by atoms with Crippen molar-refractivity contribution in [3.05, 3.63) is 12.3 Å². The van der Waals surface area contributed by atoms with Crippen LogP contribution in [0.3, 0.4) is 0 Å². The highest BCUT2D eigenvalue weighted by Crippen LogP contribution is 2.21. The van der Waals surface area contributed by atoms with E-state index in [1.807, 2.05) is 0 Å². The van der Waals surface area contributed by atoms with Crippen LogP contribution in [0.4, 0.5) is 0 Å². The van der Waals surface area contributed by atoms with Crippen LogP contribution in [0.2, 0.25) is 0 Å². The van der Waals surface area contributed by atoms with E-state index < -0.39 is 0 Å². The molecule has 0 aliphatic carbocycles. The highest BCUT2D eigenvalue weighted by atomic mass is 16.5. The normalized spacial score (nSPS) is 23.7. The van der Waals surface area contributed by atoms with Gasteiger partial charge >= 0.3 is 0 Å². The van der Waals surface area contributed by atoms with Gasteiger partial charge in [0.05, 0.1) is 11.7 Å². The predicted molar refractivity (Wildman–Crippen MR) is 60.2 cm³/mol. The topological polar surface area (TPSA) is 12.5 Å². The van der Waals surface area contributed by atoms with Crippen LogP contribution in [-0.2, 0) is 4.74 Å². The minimum atomic E-state index is -0.0250. The van der Waals surface area contributed by atoms with Gasteiger partial charge in [-0.05, 0) is 40.5 Å². The zero-order chi connectivity index (χ0) is 10.8. The smallest absolute Gasteiger partial charge is 0.0757 e. The molecular formula is C12H23NO. The van der Waals surface area contributed by atoms with E-state index in [9.17, 15) is 0 Å². The zero-order valence-electron chi connectivity index (χ0n) is 9.97. The molecule has 1 saturated heterocycles. The van der Waals surface area contributed by atoms with E-state index in [0.717, 1.165) is 18.8 Å². The quantitative estimate of drug-likeness (QED) is 0.675. The molecule has 0 aromatic heterocycles. The first-order chi connectivity index (χ1) is 6.38. The summed E-state index contributed by atoms with van der Waals surface area (Å²) in [6, 6.07) is 0. The van der Waals surface area contributed by atoms with Crippen molar-refractivity contribution >= 4 is 0 Å². The molecule has 0 aromatic rings. The third kappa shape index (κ3) is 3.70. The fourth-order valence-corrected chi connectivity index (χ4v) is 1.88. The van der Waals surface area contributed by atoms with E-state index in [-0.39, 0.29) is 5.60 Å². The lowest BCUT2D eigenvalue weighted by Crippen LogP contribution is -2.41. The van der Waals surface area contributed by atoms with Crippen LogP contribution in [0.1, 0.15) is 40.5 Å². The lowest BCUT2D eigenvalue weighted by atomic mass is 10.1. The number of likely N-dealkylation sites (tertiary alicyclic amines) is 1. The van der Waals surface area contributed by atoms with E-state index in [4.69, 9.17) is 4.74 Å². The lowest BCUT2D eigenvalue weighted by molar-refractivity contribution is -0.0820. The van der Waals surface area contributed by atoms with Gasteiger partial charge in [0.25, 0.3) is 0 Å². The van der Waals surface area contributed by atoms with Crippen LogP contribution in [0.25, 0.3) is 0 Å². The average molecular weight is 197 g/mol. The molecule has 1 atom stereocenters. The Morgan fingerprint density at radius 3 is 2.57 bits per heavy atom. The van der Waals surface area contributed by atoms with Crippen LogP contribution in [0.15, 0.2) is 12.3 Å². The van der Waals surface area contributed by atoms with Gasteiger partial charge in [-0.2, -0.15) is 0 Å². The van der Waals surface area contributed by atoms with E-state index in [1.54, 1.807) is 0 Å². The SMILES string of the molecule is C=C(C)N1CCCC(OC(C)(C)C)C1. The Hall–Kier alpha value is -0.500. The van der Waals surface area contributed by atoms with Crippen LogP contribution in [0, 0.1) is 0 Å². The van der Waals surface area contributed by atoms with Crippen LogP contribution in [0.5, 0.6) is 0 Å². The fraction of sp³-hybridized carbons (Fsp3) is 0.833. The van der Waals surface area contributed by atoms with Gasteiger partial charge in [-0.25, -0.2) is 0 Å². The number of piperidine rings is 1. The summed E-state index contributed by atoms with van der Waals surface area (Å²) >= 11 is 0. The van der Waals surface area contributed by atoms with Gasteiger partial charge in [0.2, 0.25) is 0 Å². The van der Waals surface area contributed by atoms with E-state index >= 15 is 0 Å². The minimum Gasteiger partial charge on any atom is -0.373 e. The highest BCUT2D eigenvalue weighted by Gasteiger charge is 2.24. The summed E-state index contributed by atoms with van der Waals surface area (Å²) in [5.41, 5.74) is 1.13. The maximum absolute atomic E-state index is 5.98. The Labute approximate surface area is 87.9 Å². The Balaban J connectivity index is 2.44. The average Bonchev–Trinajstić information content (AvgIpc) is 2.01. The molecule has 0 amide bonds. The first-order valence-electron chi connectivity index (χ1n) is 5.47. The van der Waals surface area contributed by atoms with E-state index in [1.165, 1.54) is 12.8 Å². The first kappa shape index (κ1) is 11.6. The van der Waals surface area contributed by atoms with Crippen molar-refractivity contribution in [1.82, 2.24) is 4.90 Å². The molecule has 2 heteroatoms. The van der Waals surface area contributed by atoms with Crippen LogP contribution >= 0.6 is 0 Å². The van der Waals surface area contributed by atoms with Crippen LogP contribution in [-0.4, -0.2) is 29.7 Å². The molecule has 2 nitrogen and oxygen atoms in total. The molecular weight excluding hydrogens is 174 g/mol. The van der Waals surface area contributed by atoms with Crippen LogP contribution < -0.4 is 0 Å². The van der Waals surface area contributed by atoms with Crippen molar-refractivity contribution in [3.8, 4) is 0 Å². The predicted octanol–water partition coefficient (Wildman–Crippen LogP) is 2.80. The number of allylic oxidation sites excluding steroid dienone is 1. The number of rotatable bonds is 2. The summed E-state index contributed by atoms with van der Waals surface area (Å²) in [4.78, 5) is 2.32. The molecule has 0 radical (unpaired) electrons. The van der Waals surface area contributed by atoms with E-state index in [2.05, 4.69) is 39.2 Å². The van der Waals surface area contributed by atoms with E-state index in [0.29, 0.717) is 6.10 Å². The summed E-state index contributed by atoms with van der Waals surface area (Å²) in [7, 11) is 0. The molecule has 14 heavy (non-hydrogen) atoms. The standard InChI is InChI=1S/C12H23NO/c1-10(2)13-8-6-7-11(9-13)14-12(3,4)5/h11H,1,6-9H2,2-5H3. The number of ether oxygens (including phenoxy) is 1. The monoisotopic (exact) mass is 197 g/mol. The van der Waals surface area contributed by atoms with Gasteiger partial charge in [-0.15, -0.1) is 0 Å². The van der Waals surface area contributed by atoms with Gasteiger partial charge in [-0.1, -0.05) is 6.58 Å². The van der Waals surface area contributed by atoms with Gasteiger partial charge in [0.15, 0.2) is 0 Å². The molecule has 1 aliphatic rings. The summed E-state index contributed by atoms with van der Waals surface area (Å²) < 4.78 is 5.98. The second-order valence-corrected chi connectivity index (χ2v) is 5.18. The molecule has 0 bridgehead atoms. The fourth-order valence-electron chi connectivity index (χ4n) is 1.88. The van der Waals surface area contributed by atoms with Gasteiger partial charge in [-0.3, -0.25) is 0 Å². The highest BCUT2D eigenvalue weighted by molar-refractivity contribution is 4.92. The zero-order valence-corrected chi connectivity index (χ0v) is 9.97. The summed E-state index contributed by atoms with van der Waals surface area (Å²) in [6.45, 7) is 14.5. The Kier molecular flexibility index (Phi) is 3.59. The molecule has 1 aliphatic heterocycles. The molecule has 1 rings (SSSR count). The Morgan fingerprint density at radius 2 is 2.07 bits per heavy atom. The number of nitrogens with zero attached hydrogens (tertiary/aromatic N) is 1. The molecule has 0 aromatic carbocycles. The van der Waals surface area contributed by atoms with Gasteiger partial charge < -0.3 is 9.64 Å². The molecule has 0 saturated carbocycles. The van der Waals surface area contributed by atoms with Crippen molar-refractivity contribution in [2.24, 2.45) is 0 Å². The second kappa shape index (κ2) is 4.35. The first-order valence-corrected chi connectivity index (χ1v) is 5.47. The van der Waals surface area contributed by atoms with Crippen molar-refractivity contribution in [1.29, 1.82) is 0 Å². The second-order valence-electron chi connectivity index (χ2n) is 5.18. The largest absolute Gasteiger partial charge is 0.373 e. The molecule has 1 unspecified atom stereocenters. The molecule has 1 heterocycles. The maximum atomic E-state index is 5.98. The number of hydrogen-bond acceptors (Lipinski definition) is 2. The van der Waals surface area contributed by atoms with Crippen molar-refractivity contribution in [2.45, 2.75) is 52.2 Å². The Morgan fingerprint density at radius 1 is 1.43 bits per heavy atom. The van der Waals surface area contributed by atoms with Crippen molar-refractivity contribution < 1.29 is 4.74 Å².